The van der Waals surface area contributed by atoms with Crippen LogP contribution in [0.3, 0.4) is 0 Å². The zero-order chi connectivity index (χ0) is 8.27. The molecule has 0 aromatic carbocycles. The molecule has 1 fully saturated rings. The van der Waals surface area contributed by atoms with E-state index >= 15 is 0 Å². The van der Waals surface area contributed by atoms with E-state index < -0.39 is 0 Å². The molecule has 1 saturated carbocycles. The molecule has 0 aromatic rings. The van der Waals surface area contributed by atoms with Crippen LogP contribution < -0.4 is 5.73 Å². The predicted octanol–water partition coefficient (Wildman–Crippen LogP) is 1.27. The largest absolute Gasteiger partial charge is 0.393 e. The monoisotopic (exact) mass is 157 g/mol. The summed E-state index contributed by atoms with van der Waals surface area (Å²) in [5, 5.41) is 9.51. The Kier molecular flexibility index (Phi) is 3.34. The molecule has 0 spiro atoms. The molecule has 0 amide bonds. The van der Waals surface area contributed by atoms with Crippen molar-refractivity contribution in [3.8, 4) is 0 Å². The molecular weight excluding hydrogens is 138 g/mol. The average molecular weight is 157 g/mol. The first-order valence-corrected chi connectivity index (χ1v) is 4.67. The molecule has 66 valence electrons. The smallest absolute Gasteiger partial charge is 0.0583 e. The normalized spacial score (nSPS) is 37.9. The lowest BCUT2D eigenvalue weighted by Crippen LogP contribution is -2.15. The minimum Gasteiger partial charge on any atom is -0.393 e. The van der Waals surface area contributed by atoms with Gasteiger partial charge in [-0.2, -0.15) is 0 Å². The minimum atomic E-state index is -0.114. The first kappa shape index (κ1) is 9.01. The molecule has 1 aliphatic rings. The van der Waals surface area contributed by atoms with Crippen LogP contribution in [0.4, 0.5) is 0 Å². The summed E-state index contributed by atoms with van der Waals surface area (Å²) in [6, 6.07) is 0.256. The van der Waals surface area contributed by atoms with Gasteiger partial charge in [0.25, 0.3) is 0 Å². The summed E-state index contributed by atoms with van der Waals surface area (Å²) in [5.41, 5.74) is 5.73. The van der Waals surface area contributed by atoms with E-state index in [4.69, 9.17) is 5.73 Å². The van der Waals surface area contributed by atoms with Gasteiger partial charge in [-0.1, -0.05) is 19.8 Å². The van der Waals surface area contributed by atoms with Crippen LogP contribution in [0.2, 0.25) is 0 Å². The highest BCUT2D eigenvalue weighted by molar-refractivity contribution is 4.84. The molecule has 3 unspecified atom stereocenters. The summed E-state index contributed by atoms with van der Waals surface area (Å²) in [6.07, 6.45) is 5.34. The van der Waals surface area contributed by atoms with Crippen molar-refractivity contribution < 1.29 is 5.11 Å². The van der Waals surface area contributed by atoms with Crippen molar-refractivity contribution >= 4 is 0 Å². The predicted molar refractivity (Wildman–Crippen MR) is 46.2 cm³/mol. The Balaban J connectivity index is 2.23. The quantitative estimate of drug-likeness (QED) is 0.648. The van der Waals surface area contributed by atoms with Gasteiger partial charge in [-0.15, -0.1) is 0 Å². The molecule has 2 nitrogen and oxygen atoms in total. The second-order valence-corrected chi connectivity index (χ2v) is 3.70. The topological polar surface area (TPSA) is 46.2 Å². The first-order chi connectivity index (χ1) is 5.24. The van der Waals surface area contributed by atoms with Gasteiger partial charge in [0.15, 0.2) is 0 Å². The van der Waals surface area contributed by atoms with E-state index in [0.717, 1.165) is 19.3 Å². The molecule has 1 aliphatic carbocycles. The van der Waals surface area contributed by atoms with Crippen LogP contribution in [-0.4, -0.2) is 17.3 Å². The van der Waals surface area contributed by atoms with Gasteiger partial charge in [-0.05, 0) is 25.2 Å². The van der Waals surface area contributed by atoms with Crippen molar-refractivity contribution in [2.75, 3.05) is 0 Å². The van der Waals surface area contributed by atoms with Gasteiger partial charge in [0, 0.05) is 6.04 Å². The third kappa shape index (κ3) is 2.46. The molecule has 2 heteroatoms. The van der Waals surface area contributed by atoms with Crippen molar-refractivity contribution in [2.45, 2.75) is 51.2 Å². The Labute approximate surface area is 68.8 Å². The third-order valence-electron chi connectivity index (χ3n) is 2.62. The number of rotatable bonds is 3. The van der Waals surface area contributed by atoms with E-state index in [0.29, 0.717) is 5.92 Å². The number of aliphatic hydroxyl groups is 1. The fraction of sp³-hybridized carbons (Fsp3) is 1.00. The molecule has 0 aromatic heterocycles. The van der Waals surface area contributed by atoms with Crippen molar-refractivity contribution in [3.63, 3.8) is 0 Å². The van der Waals surface area contributed by atoms with Crippen LogP contribution in [-0.2, 0) is 0 Å². The molecule has 0 saturated heterocycles. The molecule has 0 radical (unpaired) electrons. The highest BCUT2D eigenvalue weighted by atomic mass is 16.3. The molecule has 0 heterocycles. The van der Waals surface area contributed by atoms with Gasteiger partial charge in [-0.25, -0.2) is 0 Å². The van der Waals surface area contributed by atoms with E-state index in [2.05, 4.69) is 6.92 Å². The summed E-state index contributed by atoms with van der Waals surface area (Å²) in [6.45, 7) is 2.18. The standard InChI is InChI=1S/C9H19NO/c1-2-3-4-7-5-8(10)6-9(7)11/h7-9,11H,2-6,10H2,1H3. The minimum absolute atomic E-state index is 0.114. The lowest BCUT2D eigenvalue weighted by atomic mass is 9.99. The van der Waals surface area contributed by atoms with Gasteiger partial charge in [0.1, 0.15) is 0 Å². The van der Waals surface area contributed by atoms with E-state index in [1.807, 2.05) is 0 Å². The maximum Gasteiger partial charge on any atom is 0.0583 e. The lowest BCUT2D eigenvalue weighted by Gasteiger charge is -2.12. The molecule has 3 N–H and O–H groups in total. The Morgan fingerprint density at radius 1 is 1.45 bits per heavy atom. The van der Waals surface area contributed by atoms with Crippen molar-refractivity contribution in [2.24, 2.45) is 11.7 Å². The summed E-state index contributed by atoms with van der Waals surface area (Å²) < 4.78 is 0. The number of hydrogen-bond donors (Lipinski definition) is 2. The molecular formula is C9H19NO. The van der Waals surface area contributed by atoms with E-state index in [1.54, 1.807) is 0 Å². The maximum absolute atomic E-state index is 9.51. The van der Waals surface area contributed by atoms with E-state index in [9.17, 15) is 5.11 Å². The van der Waals surface area contributed by atoms with Gasteiger partial charge in [-0.3, -0.25) is 0 Å². The number of nitrogens with two attached hydrogens (primary N) is 1. The Morgan fingerprint density at radius 3 is 2.64 bits per heavy atom. The molecule has 3 atom stereocenters. The van der Waals surface area contributed by atoms with Crippen molar-refractivity contribution in [1.29, 1.82) is 0 Å². The fourth-order valence-corrected chi connectivity index (χ4v) is 1.92. The summed E-state index contributed by atoms with van der Waals surface area (Å²) in [4.78, 5) is 0. The number of unbranched alkanes of at least 4 members (excludes halogenated alkanes) is 1. The second-order valence-electron chi connectivity index (χ2n) is 3.70. The first-order valence-electron chi connectivity index (χ1n) is 4.67. The lowest BCUT2D eigenvalue weighted by molar-refractivity contribution is 0.126. The van der Waals surface area contributed by atoms with Gasteiger partial charge in [0.05, 0.1) is 6.10 Å². The van der Waals surface area contributed by atoms with Crippen LogP contribution in [0.25, 0.3) is 0 Å². The zero-order valence-electron chi connectivity index (χ0n) is 7.29. The second kappa shape index (κ2) is 4.07. The summed E-state index contributed by atoms with van der Waals surface area (Å²) in [5.74, 6) is 0.491. The van der Waals surface area contributed by atoms with Crippen LogP contribution in [0.15, 0.2) is 0 Å². The van der Waals surface area contributed by atoms with Gasteiger partial charge in [0.2, 0.25) is 0 Å². The van der Waals surface area contributed by atoms with Gasteiger partial charge >= 0.3 is 0 Å². The Bertz CT molecular complexity index is 116. The van der Waals surface area contributed by atoms with Crippen molar-refractivity contribution in [1.82, 2.24) is 0 Å². The molecule has 0 bridgehead atoms. The summed E-state index contributed by atoms with van der Waals surface area (Å²) >= 11 is 0. The molecule has 11 heavy (non-hydrogen) atoms. The SMILES string of the molecule is CCCCC1CC(N)CC1O. The third-order valence-corrected chi connectivity index (χ3v) is 2.62. The highest BCUT2D eigenvalue weighted by Gasteiger charge is 2.29. The fourth-order valence-electron chi connectivity index (χ4n) is 1.92. The average Bonchev–Trinajstić information content (AvgIpc) is 2.26. The van der Waals surface area contributed by atoms with Crippen molar-refractivity contribution in [3.05, 3.63) is 0 Å². The van der Waals surface area contributed by atoms with E-state index in [1.165, 1.54) is 12.8 Å². The summed E-state index contributed by atoms with van der Waals surface area (Å²) in [7, 11) is 0. The maximum atomic E-state index is 9.51. The van der Waals surface area contributed by atoms with Crippen LogP contribution in [0, 0.1) is 5.92 Å². The molecule has 1 rings (SSSR count). The number of aliphatic hydroxyl groups excluding tert-OH is 1. The Morgan fingerprint density at radius 2 is 2.18 bits per heavy atom. The molecule has 0 aliphatic heterocycles. The van der Waals surface area contributed by atoms with Crippen LogP contribution in [0.1, 0.15) is 39.0 Å². The van der Waals surface area contributed by atoms with Gasteiger partial charge < -0.3 is 10.8 Å². The van der Waals surface area contributed by atoms with E-state index in [-0.39, 0.29) is 12.1 Å². The Hall–Kier alpha value is -0.0800. The van der Waals surface area contributed by atoms with Crippen LogP contribution in [0.5, 0.6) is 0 Å². The zero-order valence-corrected chi connectivity index (χ0v) is 7.29. The number of hydrogen-bond acceptors (Lipinski definition) is 2. The highest BCUT2D eigenvalue weighted by Crippen LogP contribution is 2.28. The van der Waals surface area contributed by atoms with Crippen LogP contribution >= 0.6 is 0 Å².